The number of ether oxygens (including phenoxy) is 1. The van der Waals surface area contributed by atoms with Crippen molar-refractivity contribution in [3.63, 3.8) is 0 Å². The van der Waals surface area contributed by atoms with Gasteiger partial charge in [0.15, 0.2) is 4.32 Å². The van der Waals surface area contributed by atoms with Crippen molar-refractivity contribution >= 4 is 46.0 Å². The maximum absolute atomic E-state index is 12.7. The molecule has 3 nitrogen and oxygen atoms in total. The lowest BCUT2D eigenvalue weighted by Crippen LogP contribution is -2.27. The Bertz CT molecular complexity index is 839. The van der Waals surface area contributed by atoms with Gasteiger partial charge in [0.05, 0.1) is 10.6 Å². The molecule has 126 valence electrons. The lowest BCUT2D eigenvalue weighted by Gasteiger charge is -2.14. The molecule has 0 atom stereocenters. The van der Waals surface area contributed by atoms with Crippen molar-refractivity contribution in [2.24, 2.45) is 0 Å². The van der Waals surface area contributed by atoms with E-state index in [0.29, 0.717) is 15.8 Å². The third kappa shape index (κ3) is 4.00. The quantitative estimate of drug-likeness (QED) is 0.424. The molecule has 0 saturated carbocycles. The van der Waals surface area contributed by atoms with Gasteiger partial charge in [-0.25, -0.2) is 0 Å². The average molecular weight is 367 g/mol. The highest BCUT2D eigenvalue weighted by Gasteiger charge is 2.33. The molecule has 0 spiro atoms. The van der Waals surface area contributed by atoms with Crippen molar-refractivity contribution in [3.05, 3.63) is 77.2 Å². The zero-order valence-electron chi connectivity index (χ0n) is 13.8. The molecule has 25 heavy (non-hydrogen) atoms. The number of aryl methyl sites for hydroxylation is 1. The van der Waals surface area contributed by atoms with Gasteiger partial charge in [-0.05, 0) is 42.8 Å². The second-order valence-corrected chi connectivity index (χ2v) is 7.20. The van der Waals surface area contributed by atoms with Crippen LogP contribution in [0, 0.1) is 6.92 Å². The van der Waals surface area contributed by atoms with Crippen molar-refractivity contribution < 1.29 is 9.53 Å². The molecule has 2 aromatic carbocycles. The SMILES string of the molecule is C=CCOc1ccc(/C=C2\SC(=S)N(c3ccc(C)cc3)C2=O)cc1. The first-order chi connectivity index (χ1) is 12.1. The highest BCUT2D eigenvalue weighted by molar-refractivity contribution is 8.27. The fourth-order valence-electron chi connectivity index (χ4n) is 2.35. The monoisotopic (exact) mass is 367 g/mol. The fraction of sp³-hybridized carbons (Fsp3) is 0.100. The van der Waals surface area contributed by atoms with Crippen molar-refractivity contribution in [2.45, 2.75) is 6.92 Å². The van der Waals surface area contributed by atoms with Crippen molar-refractivity contribution in [3.8, 4) is 5.75 Å². The van der Waals surface area contributed by atoms with Crippen molar-refractivity contribution in [2.75, 3.05) is 11.5 Å². The molecule has 1 saturated heterocycles. The van der Waals surface area contributed by atoms with Crippen LogP contribution in [0.25, 0.3) is 6.08 Å². The van der Waals surface area contributed by atoms with Crippen LogP contribution in [-0.4, -0.2) is 16.8 Å². The maximum atomic E-state index is 12.7. The lowest BCUT2D eigenvalue weighted by molar-refractivity contribution is -0.113. The van der Waals surface area contributed by atoms with Crippen LogP contribution in [0.15, 0.2) is 66.1 Å². The molecule has 0 N–H and O–H groups in total. The van der Waals surface area contributed by atoms with E-state index in [1.165, 1.54) is 11.8 Å². The summed E-state index contributed by atoms with van der Waals surface area (Å²) in [7, 11) is 0. The van der Waals surface area contributed by atoms with Gasteiger partial charge in [-0.2, -0.15) is 0 Å². The number of nitrogens with zero attached hydrogens (tertiary/aromatic N) is 1. The molecule has 5 heteroatoms. The minimum atomic E-state index is -0.0918. The number of carbonyl (C=O) groups excluding carboxylic acids is 1. The second-order valence-electron chi connectivity index (χ2n) is 5.52. The van der Waals surface area contributed by atoms with Gasteiger partial charge in [-0.15, -0.1) is 0 Å². The van der Waals surface area contributed by atoms with Gasteiger partial charge < -0.3 is 4.74 Å². The summed E-state index contributed by atoms with van der Waals surface area (Å²) in [5, 5.41) is 0. The summed E-state index contributed by atoms with van der Waals surface area (Å²) in [6.07, 6.45) is 3.55. The van der Waals surface area contributed by atoms with E-state index in [1.807, 2.05) is 61.5 Å². The Morgan fingerprint density at radius 1 is 1.16 bits per heavy atom. The number of anilines is 1. The summed E-state index contributed by atoms with van der Waals surface area (Å²) in [6.45, 7) is 6.10. The number of carbonyl (C=O) groups is 1. The van der Waals surface area contributed by atoms with Gasteiger partial charge in [-0.3, -0.25) is 9.69 Å². The molecule has 1 aliphatic rings. The van der Waals surface area contributed by atoms with Gasteiger partial charge in [0.2, 0.25) is 0 Å². The number of hydrogen-bond donors (Lipinski definition) is 0. The van der Waals surface area contributed by atoms with Gasteiger partial charge in [0, 0.05) is 0 Å². The first-order valence-electron chi connectivity index (χ1n) is 7.77. The highest BCUT2D eigenvalue weighted by Crippen LogP contribution is 2.36. The Labute approximate surface area is 157 Å². The van der Waals surface area contributed by atoms with E-state index in [2.05, 4.69) is 6.58 Å². The summed E-state index contributed by atoms with van der Waals surface area (Å²) >= 11 is 6.71. The Morgan fingerprint density at radius 3 is 2.48 bits per heavy atom. The van der Waals surface area contributed by atoms with E-state index in [9.17, 15) is 4.79 Å². The van der Waals surface area contributed by atoms with Crippen LogP contribution < -0.4 is 9.64 Å². The highest BCUT2D eigenvalue weighted by atomic mass is 32.2. The van der Waals surface area contributed by atoms with Crippen LogP contribution in [-0.2, 0) is 4.79 Å². The first-order valence-corrected chi connectivity index (χ1v) is 8.99. The van der Waals surface area contributed by atoms with Crippen molar-refractivity contribution in [1.82, 2.24) is 0 Å². The van der Waals surface area contributed by atoms with E-state index < -0.39 is 0 Å². The molecule has 2 aromatic rings. The Morgan fingerprint density at radius 2 is 1.84 bits per heavy atom. The topological polar surface area (TPSA) is 29.5 Å². The van der Waals surface area contributed by atoms with E-state index in [0.717, 1.165) is 22.6 Å². The van der Waals surface area contributed by atoms with E-state index in [4.69, 9.17) is 17.0 Å². The van der Waals surface area contributed by atoms with Gasteiger partial charge in [-0.1, -0.05) is 66.5 Å². The Balaban J connectivity index is 1.80. The molecule has 0 aliphatic carbocycles. The first kappa shape index (κ1) is 17.5. The predicted molar refractivity (Wildman–Crippen MR) is 109 cm³/mol. The molecule has 0 radical (unpaired) electrons. The van der Waals surface area contributed by atoms with Gasteiger partial charge >= 0.3 is 0 Å². The van der Waals surface area contributed by atoms with E-state index in [-0.39, 0.29) is 5.91 Å². The summed E-state index contributed by atoms with van der Waals surface area (Å²) in [6, 6.07) is 15.3. The number of benzene rings is 2. The zero-order valence-corrected chi connectivity index (χ0v) is 15.4. The molecule has 0 bridgehead atoms. The van der Waals surface area contributed by atoms with E-state index >= 15 is 0 Å². The summed E-state index contributed by atoms with van der Waals surface area (Å²) in [5.41, 5.74) is 2.86. The summed E-state index contributed by atoms with van der Waals surface area (Å²) in [4.78, 5) is 14.9. The second kappa shape index (κ2) is 7.68. The average Bonchev–Trinajstić information content (AvgIpc) is 2.89. The lowest BCUT2D eigenvalue weighted by atomic mass is 10.2. The minimum Gasteiger partial charge on any atom is -0.490 e. The summed E-state index contributed by atoms with van der Waals surface area (Å²) in [5.74, 6) is 0.676. The standard InChI is InChI=1S/C20H17NO2S2/c1-3-12-23-17-10-6-15(7-11-17)13-18-19(22)21(20(24)25-18)16-8-4-14(2)5-9-16/h3-11,13H,1,12H2,2H3/b18-13-. The van der Waals surface area contributed by atoms with Crippen LogP contribution in [0.1, 0.15) is 11.1 Å². The van der Waals surface area contributed by atoms with Gasteiger partial charge in [0.25, 0.3) is 5.91 Å². The third-order valence-electron chi connectivity index (χ3n) is 3.63. The Kier molecular flexibility index (Phi) is 5.36. The fourth-order valence-corrected chi connectivity index (χ4v) is 3.65. The van der Waals surface area contributed by atoms with Crippen molar-refractivity contribution in [1.29, 1.82) is 0 Å². The molecule has 1 heterocycles. The van der Waals surface area contributed by atoms with E-state index in [1.54, 1.807) is 11.0 Å². The maximum Gasteiger partial charge on any atom is 0.270 e. The van der Waals surface area contributed by atoms with Gasteiger partial charge in [0.1, 0.15) is 12.4 Å². The number of thiocarbonyl (C=S) groups is 1. The molecule has 3 rings (SSSR count). The molecule has 0 unspecified atom stereocenters. The number of amides is 1. The van der Waals surface area contributed by atoms with Crippen LogP contribution in [0.5, 0.6) is 5.75 Å². The normalized spacial score (nSPS) is 15.7. The number of hydrogen-bond acceptors (Lipinski definition) is 4. The van der Waals surface area contributed by atoms with Crippen LogP contribution in [0.4, 0.5) is 5.69 Å². The molecule has 1 amide bonds. The third-order valence-corrected chi connectivity index (χ3v) is 4.93. The van der Waals surface area contributed by atoms with Crippen LogP contribution >= 0.6 is 24.0 Å². The minimum absolute atomic E-state index is 0.0918. The number of thioether (sulfide) groups is 1. The molecule has 1 fully saturated rings. The molecular weight excluding hydrogens is 350 g/mol. The largest absolute Gasteiger partial charge is 0.490 e. The van der Waals surface area contributed by atoms with Crippen LogP contribution in [0.3, 0.4) is 0 Å². The number of rotatable bonds is 5. The zero-order chi connectivity index (χ0) is 17.8. The molecular formula is C20H17NO2S2. The molecule has 0 aromatic heterocycles. The predicted octanol–water partition coefficient (Wildman–Crippen LogP) is 4.97. The summed E-state index contributed by atoms with van der Waals surface area (Å²) < 4.78 is 6.01. The molecule has 1 aliphatic heterocycles. The van der Waals surface area contributed by atoms with Crippen LogP contribution in [0.2, 0.25) is 0 Å². The Hall–Kier alpha value is -2.37. The smallest absolute Gasteiger partial charge is 0.270 e.